The molecule has 0 fully saturated rings. The maximum absolute atomic E-state index is 13.3. The third-order valence-electron chi connectivity index (χ3n) is 2.44. The van der Waals surface area contributed by atoms with Gasteiger partial charge in [-0.15, -0.1) is 0 Å². The van der Waals surface area contributed by atoms with Crippen LogP contribution < -0.4 is 5.73 Å². The van der Waals surface area contributed by atoms with Crippen LogP contribution in [-0.4, -0.2) is 4.98 Å². The van der Waals surface area contributed by atoms with Crippen molar-refractivity contribution in [3.05, 3.63) is 34.7 Å². The summed E-state index contributed by atoms with van der Waals surface area (Å²) in [5.74, 6) is -0.463. The third-order valence-corrected chi connectivity index (χ3v) is 2.73. The number of fused-ring (bicyclic) bond motifs is 1. The van der Waals surface area contributed by atoms with Crippen LogP contribution in [0, 0.1) is 5.82 Å². The number of aryl methyl sites for hydroxylation is 1. The molecule has 1 heterocycles. The second-order valence-electron chi connectivity index (χ2n) is 3.74. The normalized spacial score (nSPS) is 10.9. The van der Waals surface area contributed by atoms with Gasteiger partial charge in [0.1, 0.15) is 5.82 Å². The highest BCUT2D eigenvalue weighted by molar-refractivity contribution is 6.31. The number of nitrogens with zero attached hydrogens (tertiary/aromatic N) is 1. The fraction of sp³-hybridized carbons (Fsp3) is 0.250. The highest BCUT2D eigenvalue weighted by Crippen LogP contribution is 2.26. The van der Waals surface area contributed by atoms with Crippen molar-refractivity contribution in [3.8, 4) is 0 Å². The van der Waals surface area contributed by atoms with E-state index in [9.17, 15) is 4.39 Å². The Hall–Kier alpha value is -1.35. The van der Waals surface area contributed by atoms with E-state index in [1.165, 1.54) is 12.1 Å². The van der Waals surface area contributed by atoms with E-state index >= 15 is 0 Å². The Morgan fingerprint density at radius 1 is 1.38 bits per heavy atom. The predicted octanol–water partition coefficient (Wildman–Crippen LogP) is 3.56. The molecule has 0 spiro atoms. The summed E-state index contributed by atoms with van der Waals surface area (Å²) >= 11 is 5.70. The van der Waals surface area contributed by atoms with Crippen molar-refractivity contribution in [2.75, 3.05) is 5.73 Å². The van der Waals surface area contributed by atoms with E-state index < -0.39 is 5.82 Å². The Morgan fingerprint density at radius 3 is 2.81 bits per heavy atom. The van der Waals surface area contributed by atoms with Gasteiger partial charge in [0.15, 0.2) is 0 Å². The van der Waals surface area contributed by atoms with E-state index in [1.807, 2.05) is 6.07 Å². The monoisotopic (exact) mass is 238 g/mol. The van der Waals surface area contributed by atoms with Crippen molar-refractivity contribution in [1.82, 2.24) is 4.98 Å². The van der Waals surface area contributed by atoms with Gasteiger partial charge in [0.05, 0.1) is 10.5 Å². The van der Waals surface area contributed by atoms with E-state index in [-0.39, 0.29) is 5.02 Å². The molecule has 1 aromatic carbocycles. The van der Waals surface area contributed by atoms with Crippen LogP contribution in [0.2, 0.25) is 5.02 Å². The van der Waals surface area contributed by atoms with Gasteiger partial charge in [-0.1, -0.05) is 24.9 Å². The Morgan fingerprint density at radius 2 is 2.12 bits per heavy atom. The molecule has 4 heteroatoms. The molecule has 0 saturated carbocycles. The number of pyridine rings is 1. The van der Waals surface area contributed by atoms with Gasteiger partial charge in [0, 0.05) is 22.8 Å². The van der Waals surface area contributed by atoms with Crippen molar-refractivity contribution in [3.63, 3.8) is 0 Å². The minimum Gasteiger partial charge on any atom is -0.398 e. The first kappa shape index (κ1) is 11.1. The second-order valence-corrected chi connectivity index (χ2v) is 4.14. The molecule has 84 valence electrons. The molecule has 0 aliphatic carbocycles. The van der Waals surface area contributed by atoms with Gasteiger partial charge in [0.25, 0.3) is 0 Å². The van der Waals surface area contributed by atoms with Crippen LogP contribution in [0.15, 0.2) is 18.2 Å². The first-order valence-corrected chi connectivity index (χ1v) is 5.53. The zero-order valence-corrected chi connectivity index (χ0v) is 9.68. The van der Waals surface area contributed by atoms with Crippen molar-refractivity contribution in [2.45, 2.75) is 19.8 Å². The second kappa shape index (κ2) is 4.26. The number of rotatable bonds is 2. The van der Waals surface area contributed by atoms with Crippen molar-refractivity contribution in [1.29, 1.82) is 0 Å². The molecule has 2 nitrogen and oxygen atoms in total. The molecule has 16 heavy (non-hydrogen) atoms. The minimum atomic E-state index is -0.463. The number of hydrogen-bond acceptors (Lipinski definition) is 2. The zero-order valence-electron chi connectivity index (χ0n) is 8.93. The van der Waals surface area contributed by atoms with E-state index in [1.54, 1.807) is 0 Å². The fourth-order valence-corrected chi connectivity index (χ4v) is 1.85. The zero-order chi connectivity index (χ0) is 11.7. The highest BCUT2D eigenvalue weighted by Gasteiger charge is 2.07. The number of benzene rings is 1. The quantitative estimate of drug-likeness (QED) is 0.869. The first-order valence-electron chi connectivity index (χ1n) is 5.16. The first-order chi connectivity index (χ1) is 7.61. The summed E-state index contributed by atoms with van der Waals surface area (Å²) in [6.07, 6.45) is 1.82. The highest BCUT2D eigenvalue weighted by atomic mass is 35.5. The van der Waals surface area contributed by atoms with Crippen molar-refractivity contribution < 1.29 is 4.39 Å². The number of aromatic nitrogens is 1. The third kappa shape index (κ3) is 1.95. The van der Waals surface area contributed by atoms with Crippen LogP contribution in [0.5, 0.6) is 0 Å². The number of anilines is 1. The molecule has 2 N–H and O–H groups in total. The van der Waals surface area contributed by atoms with E-state index in [4.69, 9.17) is 17.3 Å². The van der Waals surface area contributed by atoms with Crippen LogP contribution in [0.1, 0.15) is 19.0 Å². The van der Waals surface area contributed by atoms with E-state index in [2.05, 4.69) is 11.9 Å². The average Bonchev–Trinajstić information content (AvgIpc) is 2.22. The topological polar surface area (TPSA) is 38.9 Å². The molecular formula is C12H12ClFN2. The Bertz CT molecular complexity index is 540. The van der Waals surface area contributed by atoms with Crippen molar-refractivity contribution >= 4 is 28.2 Å². The lowest BCUT2D eigenvalue weighted by Gasteiger charge is -2.06. The molecule has 2 aromatic rings. The largest absolute Gasteiger partial charge is 0.398 e. The summed E-state index contributed by atoms with van der Waals surface area (Å²) in [6.45, 7) is 2.06. The molecule has 0 saturated heterocycles. The Kier molecular flexibility index (Phi) is 2.97. The van der Waals surface area contributed by atoms with Crippen LogP contribution >= 0.6 is 11.6 Å². The molecular weight excluding hydrogens is 227 g/mol. The van der Waals surface area contributed by atoms with Gasteiger partial charge in [-0.2, -0.15) is 0 Å². The molecule has 2 rings (SSSR count). The molecule has 1 aromatic heterocycles. The Balaban J connectivity index is 2.67. The Labute approximate surface area is 98.2 Å². The summed E-state index contributed by atoms with van der Waals surface area (Å²) in [5.41, 5.74) is 7.92. The summed E-state index contributed by atoms with van der Waals surface area (Å²) in [4.78, 5) is 4.35. The molecule has 0 radical (unpaired) electrons. The molecule has 0 aliphatic heterocycles. The lowest BCUT2D eigenvalue weighted by atomic mass is 10.1. The van der Waals surface area contributed by atoms with Crippen LogP contribution in [0.4, 0.5) is 10.1 Å². The van der Waals surface area contributed by atoms with Gasteiger partial charge in [-0.25, -0.2) is 4.39 Å². The van der Waals surface area contributed by atoms with Gasteiger partial charge in [-0.05, 0) is 18.6 Å². The summed E-state index contributed by atoms with van der Waals surface area (Å²) < 4.78 is 13.3. The average molecular weight is 239 g/mol. The summed E-state index contributed by atoms with van der Waals surface area (Å²) in [5, 5.41) is 0.774. The molecule has 0 amide bonds. The molecule has 0 unspecified atom stereocenters. The molecule has 0 bridgehead atoms. The maximum atomic E-state index is 13.3. The van der Waals surface area contributed by atoms with E-state index in [0.717, 1.165) is 18.5 Å². The lowest BCUT2D eigenvalue weighted by molar-refractivity contribution is 0.629. The minimum absolute atomic E-state index is 0.0734. The van der Waals surface area contributed by atoms with Crippen molar-refractivity contribution in [2.24, 2.45) is 0 Å². The van der Waals surface area contributed by atoms with Gasteiger partial charge in [-0.3, -0.25) is 4.98 Å². The SMILES string of the molecule is CCCc1cc(N)c2cc(Cl)c(F)cc2n1. The lowest BCUT2D eigenvalue weighted by Crippen LogP contribution is -1.96. The van der Waals surface area contributed by atoms with E-state index in [0.29, 0.717) is 16.6 Å². The summed E-state index contributed by atoms with van der Waals surface area (Å²) in [6, 6.07) is 4.66. The van der Waals surface area contributed by atoms with Crippen LogP contribution in [0.25, 0.3) is 10.9 Å². The van der Waals surface area contributed by atoms with Crippen LogP contribution in [-0.2, 0) is 6.42 Å². The van der Waals surface area contributed by atoms with Gasteiger partial charge in [0.2, 0.25) is 0 Å². The van der Waals surface area contributed by atoms with Gasteiger partial charge < -0.3 is 5.73 Å². The maximum Gasteiger partial charge on any atom is 0.143 e. The predicted molar refractivity (Wildman–Crippen MR) is 65.1 cm³/mol. The number of halogens is 2. The van der Waals surface area contributed by atoms with Crippen LogP contribution in [0.3, 0.4) is 0 Å². The van der Waals surface area contributed by atoms with Gasteiger partial charge >= 0.3 is 0 Å². The number of nitrogens with two attached hydrogens (primary N) is 1. The number of hydrogen-bond donors (Lipinski definition) is 1. The summed E-state index contributed by atoms with van der Waals surface area (Å²) in [7, 11) is 0. The fourth-order valence-electron chi connectivity index (χ4n) is 1.69. The molecule has 0 atom stereocenters. The smallest absolute Gasteiger partial charge is 0.143 e. The number of nitrogen functional groups attached to an aromatic ring is 1. The molecule has 0 aliphatic rings. The standard InChI is InChI=1S/C12H12ClFN2/c1-2-3-7-4-11(15)8-5-9(13)10(14)6-12(8)16-7/h4-6H,2-3H2,1H3,(H2,15,16).